The van der Waals surface area contributed by atoms with Crippen LogP contribution >= 0.6 is 39.9 Å². The van der Waals surface area contributed by atoms with Gasteiger partial charge in [0.25, 0.3) is 11.6 Å². The van der Waals surface area contributed by atoms with Crippen molar-refractivity contribution in [1.29, 1.82) is 0 Å². The number of phenols is 1. The van der Waals surface area contributed by atoms with Crippen molar-refractivity contribution >= 4 is 68.1 Å². The van der Waals surface area contributed by atoms with Gasteiger partial charge >= 0.3 is 0 Å². The van der Waals surface area contributed by atoms with Gasteiger partial charge in [-0.1, -0.05) is 39.8 Å². The number of rotatable bonds is 4. The molecule has 0 saturated carbocycles. The summed E-state index contributed by atoms with van der Waals surface area (Å²) < 4.78 is 1.10. The van der Waals surface area contributed by atoms with E-state index in [1.165, 1.54) is 12.1 Å². The summed E-state index contributed by atoms with van der Waals surface area (Å²) in [5.74, 6) is -0.606. The average Bonchev–Trinajstić information content (AvgIpc) is 2.87. The molecule has 2 aromatic rings. The molecule has 0 aliphatic carbocycles. The number of nitro groups is 1. The SMILES string of the molecule is O=C1/C(=C/c2cccc(Br)c2)SC(=S)N1/N=C/c1cc([N+](=O)[O-])ccc1O. The Balaban J connectivity index is 1.85. The van der Waals surface area contributed by atoms with Crippen LogP contribution in [-0.2, 0) is 4.79 Å². The zero-order valence-electron chi connectivity index (χ0n) is 13.4. The van der Waals surface area contributed by atoms with Crippen molar-refractivity contribution in [3.05, 3.63) is 73.1 Å². The fraction of sp³-hybridized carbons (Fsp3) is 0. The predicted octanol–water partition coefficient (Wildman–Crippen LogP) is 4.30. The smallest absolute Gasteiger partial charge is 0.286 e. The van der Waals surface area contributed by atoms with Gasteiger partial charge in [0.15, 0.2) is 4.32 Å². The molecule has 136 valence electrons. The maximum atomic E-state index is 12.5. The molecule has 0 bridgehead atoms. The maximum Gasteiger partial charge on any atom is 0.286 e. The minimum absolute atomic E-state index is 0.106. The number of benzene rings is 2. The number of carbonyl (C=O) groups excluding carboxylic acids is 1. The molecule has 3 rings (SSSR count). The van der Waals surface area contributed by atoms with E-state index < -0.39 is 10.8 Å². The molecule has 0 unspecified atom stereocenters. The molecule has 1 fully saturated rings. The standard InChI is InChI=1S/C17H10BrN3O4S2/c18-12-3-1-2-10(6-12)7-15-16(23)20(17(26)27-15)19-9-11-8-13(21(24)25)4-5-14(11)22/h1-9,22H/b15-7-,19-9+. The van der Waals surface area contributed by atoms with Crippen molar-refractivity contribution < 1.29 is 14.8 Å². The molecule has 1 heterocycles. The van der Waals surface area contributed by atoms with Crippen LogP contribution < -0.4 is 0 Å². The summed E-state index contributed by atoms with van der Waals surface area (Å²) in [6, 6.07) is 11.0. The first kappa shape index (κ1) is 19.2. The van der Waals surface area contributed by atoms with Gasteiger partial charge in [-0.3, -0.25) is 14.9 Å². The largest absolute Gasteiger partial charge is 0.507 e. The van der Waals surface area contributed by atoms with Crippen molar-refractivity contribution in [3.63, 3.8) is 0 Å². The van der Waals surface area contributed by atoms with Crippen LogP contribution in [0.5, 0.6) is 5.75 Å². The van der Waals surface area contributed by atoms with Crippen LogP contribution in [0.1, 0.15) is 11.1 Å². The number of nitrogens with zero attached hydrogens (tertiary/aromatic N) is 3. The van der Waals surface area contributed by atoms with Crippen molar-refractivity contribution in [2.45, 2.75) is 0 Å². The number of hydrogen-bond donors (Lipinski definition) is 1. The third-order valence-electron chi connectivity index (χ3n) is 3.45. The van der Waals surface area contributed by atoms with Crippen LogP contribution in [0.25, 0.3) is 6.08 Å². The molecule has 10 heteroatoms. The van der Waals surface area contributed by atoms with Crippen molar-refractivity contribution in [2.24, 2.45) is 5.10 Å². The van der Waals surface area contributed by atoms with E-state index in [0.717, 1.165) is 39.1 Å². The number of thiocarbonyl (C=S) groups is 1. The Morgan fingerprint density at radius 1 is 1.30 bits per heavy atom. The van der Waals surface area contributed by atoms with Gasteiger partial charge in [0.05, 0.1) is 16.0 Å². The van der Waals surface area contributed by atoms with E-state index >= 15 is 0 Å². The highest BCUT2D eigenvalue weighted by molar-refractivity contribution is 9.10. The Labute approximate surface area is 171 Å². The molecule has 2 aromatic carbocycles. The molecule has 1 aliphatic rings. The molecule has 0 radical (unpaired) electrons. The lowest BCUT2D eigenvalue weighted by atomic mass is 10.2. The lowest BCUT2D eigenvalue weighted by molar-refractivity contribution is -0.384. The lowest BCUT2D eigenvalue weighted by Crippen LogP contribution is -2.22. The minimum atomic E-state index is -0.586. The third-order valence-corrected chi connectivity index (χ3v) is 5.23. The molecule has 0 spiro atoms. The molecular weight excluding hydrogens is 454 g/mol. The first-order chi connectivity index (χ1) is 12.8. The number of thioether (sulfide) groups is 1. The van der Waals surface area contributed by atoms with Crippen molar-refractivity contribution in [1.82, 2.24) is 5.01 Å². The summed E-state index contributed by atoms with van der Waals surface area (Å²) in [4.78, 5) is 23.2. The number of aromatic hydroxyl groups is 1. The lowest BCUT2D eigenvalue weighted by Gasteiger charge is -2.06. The second-order valence-corrected chi connectivity index (χ2v) is 7.88. The maximum absolute atomic E-state index is 12.5. The Kier molecular flexibility index (Phi) is 5.68. The van der Waals surface area contributed by atoms with Gasteiger partial charge in [-0.15, -0.1) is 0 Å². The summed E-state index contributed by atoms with van der Waals surface area (Å²) in [6.07, 6.45) is 2.86. The van der Waals surface area contributed by atoms with Gasteiger partial charge in [0, 0.05) is 22.2 Å². The predicted molar refractivity (Wildman–Crippen MR) is 112 cm³/mol. The van der Waals surface area contributed by atoms with Crippen LogP contribution in [-0.4, -0.2) is 31.5 Å². The molecule has 1 saturated heterocycles. The monoisotopic (exact) mass is 463 g/mol. The van der Waals surface area contributed by atoms with Gasteiger partial charge < -0.3 is 5.11 Å². The number of nitro benzene ring substituents is 1. The highest BCUT2D eigenvalue weighted by atomic mass is 79.9. The minimum Gasteiger partial charge on any atom is -0.507 e. The first-order valence-corrected chi connectivity index (χ1v) is 9.42. The zero-order chi connectivity index (χ0) is 19.6. The summed E-state index contributed by atoms with van der Waals surface area (Å²) in [7, 11) is 0. The van der Waals surface area contributed by atoms with Crippen LogP contribution in [0.3, 0.4) is 0 Å². The molecule has 0 atom stereocenters. The summed E-state index contributed by atoms with van der Waals surface area (Å²) in [5, 5.41) is 25.7. The van der Waals surface area contributed by atoms with Crippen molar-refractivity contribution in [2.75, 3.05) is 0 Å². The van der Waals surface area contributed by atoms with Gasteiger partial charge in [0.2, 0.25) is 0 Å². The van der Waals surface area contributed by atoms with E-state index in [4.69, 9.17) is 12.2 Å². The summed E-state index contributed by atoms with van der Waals surface area (Å²) in [5.41, 5.74) is 0.730. The van der Waals surface area contributed by atoms with Gasteiger partial charge in [-0.2, -0.15) is 10.1 Å². The van der Waals surface area contributed by atoms with Gasteiger partial charge in [-0.05, 0) is 42.1 Å². The molecule has 7 nitrogen and oxygen atoms in total. The third kappa shape index (κ3) is 4.41. The number of non-ortho nitro benzene ring substituents is 1. The number of hydrogen-bond acceptors (Lipinski definition) is 7. The number of amides is 1. The van der Waals surface area contributed by atoms with Crippen molar-refractivity contribution in [3.8, 4) is 5.75 Å². The Morgan fingerprint density at radius 2 is 2.07 bits per heavy atom. The molecule has 0 aromatic heterocycles. The highest BCUT2D eigenvalue weighted by Crippen LogP contribution is 2.33. The second kappa shape index (κ2) is 7.99. The number of hydrazone groups is 1. The Hall–Kier alpha value is -2.56. The van der Waals surface area contributed by atoms with E-state index in [9.17, 15) is 20.0 Å². The molecule has 27 heavy (non-hydrogen) atoms. The first-order valence-electron chi connectivity index (χ1n) is 7.40. The fourth-order valence-electron chi connectivity index (χ4n) is 2.19. The number of halogens is 1. The van der Waals surface area contributed by atoms with E-state index in [2.05, 4.69) is 21.0 Å². The number of phenolic OH excluding ortho intramolecular Hbond substituents is 1. The normalized spacial score (nSPS) is 15.9. The molecule has 1 amide bonds. The summed E-state index contributed by atoms with van der Waals surface area (Å²) in [6.45, 7) is 0. The van der Waals surface area contributed by atoms with E-state index in [1.807, 2.05) is 24.3 Å². The van der Waals surface area contributed by atoms with E-state index in [-0.39, 0.29) is 21.3 Å². The molecule has 1 aliphatic heterocycles. The Bertz CT molecular complexity index is 1020. The van der Waals surface area contributed by atoms with Crippen LogP contribution in [0.4, 0.5) is 5.69 Å². The zero-order valence-corrected chi connectivity index (χ0v) is 16.6. The van der Waals surface area contributed by atoms with Gasteiger partial charge in [0.1, 0.15) is 5.75 Å². The highest BCUT2D eigenvalue weighted by Gasteiger charge is 2.32. The number of carbonyl (C=O) groups is 1. The topological polar surface area (TPSA) is 96.0 Å². The quantitative estimate of drug-likeness (QED) is 0.238. The van der Waals surface area contributed by atoms with Gasteiger partial charge in [-0.25, -0.2) is 0 Å². The average molecular weight is 464 g/mol. The molecule has 1 N–H and O–H groups in total. The molecular formula is C17H10BrN3O4S2. The van der Waals surface area contributed by atoms with Crippen LogP contribution in [0.2, 0.25) is 0 Å². The second-order valence-electron chi connectivity index (χ2n) is 5.29. The summed E-state index contributed by atoms with van der Waals surface area (Å²) >= 11 is 9.66. The fourth-order valence-corrected chi connectivity index (χ4v) is 3.78. The van der Waals surface area contributed by atoms with E-state index in [0.29, 0.717) is 4.91 Å². The van der Waals surface area contributed by atoms with Crippen LogP contribution in [0, 0.1) is 10.1 Å². The van der Waals surface area contributed by atoms with E-state index in [1.54, 1.807) is 6.08 Å². The van der Waals surface area contributed by atoms with Crippen LogP contribution in [0.15, 0.2) is 56.9 Å². The Morgan fingerprint density at radius 3 is 2.78 bits per heavy atom.